The van der Waals surface area contributed by atoms with Gasteiger partial charge in [0.2, 0.25) is 0 Å². The molecule has 0 amide bonds. The fourth-order valence-corrected chi connectivity index (χ4v) is 2.73. The fourth-order valence-electron chi connectivity index (χ4n) is 2.73. The van der Waals surface area contributed by atoms with E-state index in [4.69, 9.17) is 5.73 Å². The first-order valence-electron chi connectivity index (χ1n) is 7.20. The molecule has 3 N–H and O–H groups in total. The molecule has 20 heavy (non-hydrogen) atoms. The maximum absolute atomic E-state index is 12.8. The van der Waals surface area contributed by atoms with E-state index in [1.807, 2.05) is 0 Å². The zero-order chi connectivity index (χ0) is 14.6. The molecule has 0 heterocycles. The van der Waals surface area contributed by atoms with E-state index in [-0.39, 0.29) is 11.7 Å². The number of nitrogen functional groups attached to an aromatic ring is 1. The Morgan fingerprint density at radius 3 is 2.20 bits per heavy atom. The number of benzene rings is 1. The number of hydrogen-bond donors (Lipinski definition) is 2. The first-order valence-corrected chi connectivity index (χ1v) is 7.20. The lowest BCUT2D eigenvalue weighted by Gasteiger charge is -2.23. The van der Waals surface area contributed by atoms with Crippen molar-refractivity contribution in [1.82, 2.24) is 0 Å². The minimum absolute atomic E-state index is 0.222. The molecular weight excluding hydrogens is 265 g/mol. The molecule has 0 aromatic heterocycles. The van der Waals surface area contributed by atoms with Crippen molar-refractivity contribution in [2.75, 3.05) is 11.1 Å². The second-order valence-corrected chi connectivity index (χ2v) is 5.49. The van der Waals surface area contributed by atoms with Crippen LogP contribution in [0.2, 0.25) is 0 Å². The van der Waals surface area contributed by atoms with E-state index in [1.54, 1.807) is 6.07 Å². The molecule has 1 aliphatic carbocycles. The van der Waals surface area contributed by atoms with Gasteiger partial charge in [0.1, 0.15) is 0 Å². The van der Waals surface area contributed by atoms with Crippen molar-refractivity contribution in [1.29, 1.82) is 0 Å². The molecule has 0 atom stereocenters. The third kappa shape index (κ3) is 4.05. The summed E-state index contributed by atoms with van der Waals surface area (Å²) in [5, 5.41) is 3.23. The van der Waals surface area contributed by atoms with Crippen molar-refractivity contribution in [2.24, 2.45) is 0 Å². The van der Waals surface area contributed by atoms with E-state index in [0.717, 1.165) is 31.7 Å². The van der Waals surface area contributed by atoms with Crippen LogP contribution in [0.5, 0.6) is 0 Å². The van der Waals surface area contributed by atoms with Gasteiger partial charge in [-0.2, -0.15) is 13.2 Å². The van der Waals surface area contributed by atoms with E-state index in [0.29, 0.717) is 5.69 Å². The van der Waals surface area contributed by atoms with Crippen LogP contribution in [0, 0.1) is 0 Å². The SMILES string of the molecule is Nc1ccc(NC2CCCCCCC2)cc1C(F)(F)F. The molecule has 5 heteroatoms. The van der Waals surface area contributed by atoms with Crippen LogP contribution in [0.25, 0.3) is 0 Å². The van der Waals surface area contributed by atoms with Crippen molar-refractivity contribution in [3.63, 3.8) is 0 Å². The van der Waals surface area contributed by atoms with Gasteiger partial charge in [0.15, 0.2) is 0 Å². The molecule has 0 bridgehead atoms. The Hall–Kier alpha value is -1.39. The Kier molecular flexibility index (Phi) is 4.78. The van der Waals surface area contributed by atoms with Gasteiger partial charge in [0, 0.05) is 17.4 Å². The Morgan fingerprint density at radius 2 is 1.60 bits per heavy atom. The Bertz CT molecular complexity index is 435. The average molecular weight is 286 g/mol. The summed E-state index contributed by atoms with van der Waals surface area (Å²) in [6.07, 6.45) is 3.62. The molecule has 0 radical (unpaired) electrons. The molecule has 1 aromatic carbocycles. The lowest BCUT2D eigenvalue weighted by atomic mass is 9.96. The van der Waals surface area contributed by atoms with Gasteiger partial charge in [-0.05, 0) is 31.0 Å². The molecule has 0 unspecified atom stereocenters. The first kappa shape index (κ1) is 15.0. The van der Waals surface area contributed by atoms with Crippen molar-refractivity contribution in [3.8, 4) is 0 Å². The van der Waals surface area contributed by atoms with E-state index >= 15 is 0 Å². The molecule has 112 valence electrons. The summed E-state index contributed by atoms with van der Waals surface area (Å²) in [7, 11) is 0. The van der Waals surface area contributed by atoms with Gasteiger partial charge < -0.3 is 11.1 Å². The minimum Gasteiger partial charge on any atom is -0.398 e. The molecule has 2 rings (SSSR count). The Balaban J connectivity index is 2.08. The van der Waals surface area contributed by atoms with Crippen molar-refractivity contribution < 1.29 is 13.2 Å². The highest BCUT2D eigenvalue weighted by Crippen LogP contribution is 2.35. The van der Waals surface area contributed by atoms with Gasteiger partial charge >= 0.3 is 6.18 Å². The van der Waals surface area contributed by atoms with E-state index in [2.05, 4.69) is 5.32 Å². The molecule has 1 aliphatic rings. The smallest absolute Gasteiger partial charge is 0.398 e. The number of anilines is 2. The highest BCUT2D eigenvalue weighted by molar-refractivity contribution is 5.58. The quantitative estimate of drug-likeness (QED) is 0.765. The molecule has 1 aromatic rings. The second kappa shape index (κ2) is 6.37. The topological polar surface area (TPSA) is 38.0 Å². The number of alkyl halides is 3. The molecule has 1 saturated carbocycles. The van der Waals surface area contributed by atoms with Crippen LogP contribution >= 0.6 is 0 Å². The third-order valence-electron chi connectivity index (χ3n) is 3.83. The van der Waals surface area contributed by atoms with Gasteiger partial charge in [0.25, 0.3) is 0 Å². The number of nitrogens with two attached hydrogens (primary N) is 1. The fraction of sp³-hybridized carbons (Fsp3) is 0.600. The predicted octanol–water partition coefficient (Wildman–Crippen LogP) is 4.81. The van der Waals surface area contributed by atoms with Crippen LogP contribution in [-0.4, -0.2) is 6.04 Å². The molecule has 0 saturated heterocycles. The molecule has 0 aliphatic heterocycles. The molecule has 2 nitrogen and oxygen atoms in total. The van der Waals surface area contributed by atoms with Gasteiger partial charge in [-0.3, -0.25) is 0 Å². The third-order valence-corrected chi connectivity index (χ3v) is 3.83. The minimum atomic E-state index is -4.40. The first-order chi connectivity index (χ1) is 9.47. The molecule has 0 spiro atoms. The summed E-state index contributed by atoms with van der Waals surface area (Å²) in [6, 6.07) is 4.34. The number of rotatable bonds is 2. The lowest BCUT2D eigenvalue weighted by Crippen LogP contribution is -2.21. The molecule has 1 fully saturated rings. The maximum Gasteiger partial charge on any atom is 0.418 e. The number of halogens is 3. The van der Waals surface area contributed by atoms with Crippen molar-refractivity contribution in [2.45, 2.75) is 57.2 Å². The predicted molar refractivity (Wildman–Crippen MR) is 75.6 cm³/mol. The Labute approximate surface area is 117 Å². The maximum atomic E-state index is 12.8. The van der Waals surface area contributed by atoms with Crippen molar-refractivity contribution in [3.05, 3.63) is 23.8 Å². The van der Waals surface area contributed by atoms with Crippen LogP contribution in [-0.2, 0) is 6.18 Å². The van der Waals surface area contributed by atoms with Crippen LogP contribution < -0.4 is 11.1 Å². The Morgan fingerprint density at radius 1 is 1.00 bits per heavy atom. The lowest BCUT2D eigenvalue weighted by molar-refractivity contribution is -0.136. The van der Waals surface area contributed by atoms with Gasteiger partial charge in [-0.1, -0.05) is 32.1 Å². The summed E-state index contributed by atoms with van der Waals surface area (Å²) < 4.78 is 38.5. The van der Waals surface area contributed by atoms with Gasteiger partial charge in [-0.15, -0.1) is 0 Å². The summed E-state index contributed by atoms with van der Waals surface area (Å²) in [5.74, 6) is 0. The van der Waals surface area contributed by atoms with Crippen LogP contribution in [0.15, 0.2) is 18.2 Å². The van der Waals surface area contributed by atoms with E-state index < -0.39 is 11.7 Å². The standard InChI is InChI=1S/C15H21F3N2/c16-15(17,18)13-10-12(8-9-14(13)19)20-11-6-4-2-1-3-5-7-11/h8-11,20H,1-7,19H2. The van der Waals surface area contributed by atoms with Crippen molar-refractivity contribution >= 4 is 11.4 Å². The molecular formula is C15H21F3N2. The number of hydrogen-bond acceptors (Lipinski definition) is 2. The van der Waals surface area contributed by atoms with Gasteiger partial charge in [-0.25, -0.2) is 0 Å². The zero-order valence-electron chi connectivity index (χ0n) is 11.5. The normalized spacial score (nSPS) is 18.4. The van der Waals surface area contributed by atoms with Crippen LogP contribution in [0.3, 0.4) is 0 Å². The highest BCUT2D eigenvalue weighted by atomic mass is 19.4. The van der Waals surface area contributed by atoms with E-state index in [9.17, 15) is 13.2 Å². The summed E-state index contributed by atoms with van der Waals surface area (Å²) in [5.41, 5.74) is 4.94. The number of nitrogens with one attached hydrogen (secondary N) is 1. The highest BCUT2D eigenvalue weighted by Gasteiger charge is 2.33. The van der Waals surface area contributed by atoms with E-state index in [1.165, 1.54) is 25.3 Å². The van der Waals surface area contributed by atoms with Crippen LogP contribution in [0.1, 0.15) is 50.5 Å². The largest absolute Gasteiger partial charge is 0.418 e. The van der Waals surface area contributed by atoms with Gasteiger partial charge in [0.05, 0.1) is 5.56 Å². The average Bonchev–Trinajstić information content (AvgIpc) is 2.33. The zero-order valence-corrected chi connectivity index (χ0v) is 11.5. The monoisotopic (exact) mass is 286 g/mol. The summed E-state index contributed by atoms with van der Waals surface area (Å²) in [4.78, 5) is 0. The van der Waals surface area contributed by atoms with Crippen LogP contribution in [0.4, 0.5) is 24.5 Å². The second-order valence-electron chi connectivity index (χ2n) is 5.49. The summed E-state index contributed by atoms with van der Waals surface area (Å²) in [6.45, 7) is 0. The summed E-state index contributed by atoms with van der Waals surface area (Å²) >= 11 is 0.